The number of likely N-dealkylation sites (N-methyl/N-ethyl adjacent to an activating group) is 1. The molecular weight excluding hydrogens is 266 g/mol. The van der Waals surface area contributed by atoms with E-state index >= 15 is 0 Å². The van der Waals surface area contributed by atoms with Crippen LogP contribution in [0.3, 0.4) is 0 Å². The molecule has 0 aliphatic heterocycles. The molecule has 0 spiro atoms. The van der Waals surface area contributed by atoms with Crippen molar-refractivity contribution in [2.75, 3.05) is 27.2 Å². The summed E-state index contributed by atoms with van der Waals surface area (Å²) in [5, 5.41) is 2.89. The van der Waals surface area contributed by atoms with Crippen molar-refractivity contribution >= 4 is 5.91 Å². The molecule has 0 heterocycles. The lowest BCUT2D eigenvalue weighted by Gasteiger charge is -2.26. The zero-order valence-electron chi connectivity index (χ0n) is 13.3. The number of benzene rings is 1. The summed E-state index contributed by atoms with van der Waals surface area (Å²) in [6.07, 6.45) is 1.38. The Hall–Kier alpha value is -1.59. The fourth-order valence-electron chi connectivity index (χ4n) is 2.12. The van der Waals surface area contributed by atoms with E-state index in [1.807, 2.05) is 38.2 Å². The Bertz CT molecular complexity index is 420. The van der Waals surface area contributed by atoms with Crippen LogP contribution in [0.25, 0.3) is 0 Å². The summed E-state index contributed by atoms with van der Waals surface area (Å²) >= 11 is 0. The van der Waals surface area contributed by atoms with Crippen LogP contribution >= 0.6 is 0 Å². The number of carbonyl (C=O) groups is 1. The number of hydrogen-bond donors (Lipinski definition) is 2. The molecule has 1 aromatic rings. The number of hydrogen-bond acceptors (Lipinski definition) is 4. The first-order valence-corrected chi connectivity index (χ1v) is 7.40. The molecule has 0 fully saturated rings. The normalized spacial score (nSPS) is 12.2. The van der Waals surface area contributed by atoms with Crippen LogP contribution in [-0.4, -0.2) is 44.1 Å². The smallest absolute Gasteiger partial charge is 0.221 e. The van der Waals surface area contributed by atoms with Gasteiger partial charge in [-0.1, -0.05) is 19.1 Å². The average Bonchev–Trinajstić information content (AvgIpc) is 2.51. The molecule has 0 aliphatic rings. The second-order valence-corrected chi connectivity index (χ2v) is 5.21. The fraction of sp³-hybridized carbons (Fsp3) is 0.562. The second-order valence-electron chi connectivity index (χ2n) is 5.21. The van der Waals surface area contributed by atoms with Crippen LogP contribution < -0.4 is 15.8 Å². The van der Waals surface area contributed by atoms with Crippen molar-refractivity contribution in [3.63, 3.8) is 0 Å². The molecule has 1 rings (SSSR count). The van der Waals surface area contributed by atoms with Crippen molar-refractivity contribution in [3.05, 3.63) is 29.8 Å². The molecule has 5 heteroatoms. The largest absolute Gasteiger partial charge is 0.497 e. The first-order valence-electron chi connectivity index (χ1n) is 7.40. The lowest BCUT2D eigenvalue weighted by Crippen LogP contribution is -2.41. The molecule has 0 radical (unpaired) electrons. The maximum absolute atomic E-state index is 11.8. The molecule has 1 aromatic carbocycles. The summed E-state index contributed by atoms with van der Waals surface area (Å²) in [7, 11) is 3.65. The van der Waals surface area contributed by atoms with Crippen LogP contribution in [0.4, 0.5) is 0 Å². The number of amides is 1. The third-order valence-corrected chi connectivity index (χ3v) is 3.48. The average molecular weight is 293 g/mol. The highest BCUT2D eigenvalue weighted by molar-refractivity contribution is 5.76. The molecule has 1 unspecified atom stereocenters. The van der Waals surface area contributed by atoms with E-state index in [0.717, 1.165) is 25.3 Å². The monoisotopic (exact) mass is 293 g/mol. The molecule has 5 nitrogen and oxygen atoms in total. The summed E-state index contributed by atoms with van der Waals surface area (Å²) in [5.41, 5.74) is 6.98. The van der Waals surface area contributed by atoms with Gasteiger partial charge < -0.3 is 15.8 Å². The zero-order valence-corrected chi connectivity index (χ0v) is 13.3. The predicted molar refractivity (Wildman–Crippen MR) is 85.2 cm³/mol. The van der Waals surface area contributed by atoms with E-state index in [4.69, 9.17) is 10.5 Å². The van der Waals surface area contributed by atoms with E-state index in [2.05, 4.69) is 10.2 Å². The van der Waals surface area contributed by atoms with Gasteiger partial charge in [-0.15, -0.1) is 0 Å². The Balaban J connectivity index is 2.53. The quantitative estimate of drug-likeness (QED) is 0.721. The van der Waals surface area contributed by atoms with Crippen LogP contribution in [0.15, 0.2) is 24.3 Å². The van der Waals surface area contributed by atoms with Gasteiger partial charge in [0.15, 0.2) is 0 Å². The van der Waals surface area contributed by atoms with Gasteiger partial charge in [0.2, 0.25) is 5.91 Å². The van der Waals surface area contributed by atoms with Crippen molar-refractivity contribution in [2.24, 2.45) is 5.73 Å². The Kier molecular flexibility index (Phi) is 7.79. The third kappa shape index (κ3) is 6.14. The Morgan fingerprint density at radius 2 is 2.05 bits per heavy atom. The van der Waals surface area contributed by atoms with Crippen LogP contribution in [0, 0.1) is 0 Å². The lowest BCUT2D eigenvalue weighted by molar-refractivity contribution is -0.122. The van der Waals surface area contributed by atoms with E-state index in [-0.39, 0.29) is 11.9 Å². The number of ether oxygens (including phenoxy) is 1. The Labute approximate surface area is 127 Å². The summed E-state index contributed by atoms with van der Waals surface area (Å²) in [4.78, 5) is 13.9. The zero-order chi connectivity index (χ0) is 15.7. The highest BCUT2D eigenvalue weighted by Gasteiger charge is 2.17. The van der Waals surface area contributed by atoms with Gasteiger partial charge in [-0.3, -0.25) is 9.69 Å². The van der Waals surface area contributed by atoms with E-state index in [0.29, 0.717) is 13.0 Å². The molecule has 21 heavy (non-hydrogen) atoms. The van der Waals surface area contributed by atoms with Gasteiger partial charge in [0.25, 0.3) is 0 Å². The van der Waals surface area contributed by atoms with Crippen LogP contribution in [0.2, 0.25) is 0 Å². The van der Waals surface area contributed by atoms with E-state index in [1.54, 1.807) is 7.11 Å². The van der Waals surface area contributed by atoms with Crippen molar-refractivity contribution in [3.8, 4) is 5.75 Å². The second kappa shape index (κ2) is 9.37. The van der Waals surface area contributed by atoms with E-state index < -0.39 is 0 Å². The molecule has 0 saturated carbocycles. The standard InChI is InChI=1S/C16H27N3O2/c1-4-9-18-16(20)10-14(11-17)19(2)12-13-5-7-15(21-3)8-6-13/h5-8,14H,4,9-12,17H2,1-3H3,(H,18,20). The van der Waals surface area contributed by atoms with Crippen molar-refractivity contribution in [1.82, 2.24) is 10.2 Å². The summed E-state index contributed by atoms with van der Waals surface area (Å²) in [6.45, 7) is 3.98. The fourth-order valence-corrected chi connectivity index (χ4v) is 2.12. The third-order valence-electron chi connectivity index (χ3n) is 3.48. The van der Waals surface area contributed by atoms with Crippen molar-refractivity contribution < 1.29 is 9.53 Å². The SMILES string of the molecule is CCCNC(=O)CC(CN)N(C)Cc1ccc(OC)cc1. The maximum atomic E-state index is 11.8. The summed E-state index contributed by atoms with van der Waals surface area (Å²) < 4.78 is 5.15. The van der Waals surface area contributed by atoms with E-state index in [1.165, 1.54) is 5.56 Å². The number of nitrogens with one attached hydrogen (secondary N) is 1. The molecule has 1 atom stereocenters. The maximum Gasteiger partial charge on any atom is 0.221 e. The molecule has 0 aromatic heterocycles. The van der Waals surface area contributed by atoms with Gasteiger partial charge in [0.1, 0.15) is 5.75 Å². The highest BCUT2D eigenvalue weighted by Crippen LogP contribution is 2.14. The number of nitrogens with zero attached hydrogens (tertiary/aromatic N) is 1. The van der Waals surface area contributed by atoms with Gasteiger partial charge in [0, 0.05) is 32.1 Å². The van der Waals surface area contributed by atoms with Crippen molar-refractivity contribution in [1.29, 1.82) is 0 Å². The summed E-state index contributed by atoms with van der Waals surface area (Å²) in [5.74, 6) is 0.907. The molecule has 0 bridgehead atoms. The Morgan fingerprint density at radius 3 is 2.57 bits per heavy atom. The van der Waals surface area contributed by atoms with Gasteiger partial charge >= 0.3 is 0 Å². The van der Waals surface area contributed by atoms with Gasteiger partial charge in [-0.25, -0.2) is 0 Å². The molecule has 0 aliphatic carbocycles. The van der Waals surface area contributed by atoms with Gasteiger partial charge in [0.05, 0.1) is 7.11 Å². The topological polar surface area (TPSA) is 67.6 Å². The van der Waals surface area contributed by atoms with Crippen LogP contribution in [0.1, 0.15) is 25.3 Å². The molecule has 0 saturated heterocycles. The van der Waals surface area contributed by atoms with Gasteiger partial charge in [-0.05, 0) is 31.2 Å². The molecule has 1 amide bonds. The predicted octanol–water partition coefficient (Wildman–Crippen LogP) is 1.37. The minimum atomic E-state index is 0.0453. The van der Waals surface area contributed by atoms with Crippen molar-refractivity contribution in [2.45, 2.75) is 32.4 Å². The molecule has 118 valence electrons. The minimum Gasteiger partial charge on any atom is -0.497 e. The molecular formula is C16H27N3O2. The van der Waals surface area contributed by atoms with Gasteiger partial charge in [-0.2, -0.15) is 0 Å². The summed E-state index contributed by atoms with van der Waals surface area (Å²) in [6, 6.07) is 7.98. The number of carbonyl (C=O) groups excluding carboxylic acids is 1. The number of rotatable bonds is 9. The first-order chi connectivity index (χ1) is 10.1. The van der Waals surface area contributed by atoms with Crippen LogP contribution in [-0.2, 0) is 11.3 Å². The lowest BCUT2D eigenvalue weighted by atomic mass is 10.1. The number of nitrogens with two attached hydrogens (primary N) is 1. The highest BCUT2D eigenvalue weighted by atomic mass is 16.5. The van der Waals surface area contributed by atoms with Crippen LogP contribution in [0.5, 0.6) is 5.75 Å². The number of methoxy groups -OCH3 is 1. The van der Waals surface area contributed by atoms with E-state index in [9.17, 15) is 4.79 Å². The first kappa shape index (κ1) is 17.5. The Morgan fingerprint density at radius 1 is 1.38 bits per heavy atom. The molecule has 3 N–H and O–H groups in total. The minimum absolute atomic E-state index is 0.0453.